The molecule has 6 N–H and O–H groups in total. The van der Waals surface area contributed by atoms with Gasteiger partial charge < -0.3 is 30.9 Å². The molecule has 1 aliphatic carbocycles. The Morgan fingerprint density at radius 2 is 1.57 bits per heavy atom. The lowest BCUT2D eigenvalue weighted by Gasteiger charge is -2.40. The molecule has 1 heterocycles. The lowest BCUT2D eigenvalue weighted by atomic mass is 9.89. The average Bonchev–Trinajstić information content (AvgIpc) is 3.54. The molecule has 0 unspecified atom stereocenters. The molecular weight excluding hydrogens is 358 g/mol. The lowest BCUT2D eigenvalue weighted by molar-refractivity contribution is -0.231. The Hall–Kier alpha value is -1.96. The van der Waals surface area contributed by atoms with Crippen molar-refractivity contribution in [2.24, 2.45) is 0 Å². The first-order valence-corrected chi connectivity index (χ1v) is 9.75. The minimum atomic E-state index is -1.40. The summed E-state index contributed by atoms with van der Waals surface area (Å²) < 4.78 is 5.66. The van der Waals surface area contributed by atoms with Crippen LogP contribution < -0.4 is 5.73 Å². The molecule has 2 aliphatic rings. The zero-order chi connectivity index (χ0) is 19.8. The molecule has 2 aromatic rings. The van der Waals surface area contributed by atoms with Crippen molar-refractivity contribution in [2.45, 2.75) is 55.7 Å². The number of ether oxygens (including phenoxy) is 1. The van der Waals surface area contributed by atoms with E-state index in [2.05, 4.69) is 24.3 Å². The van der Waals surface area contributed by atoms with Crippen LogP contribution in [0.3, 0.4) is 0 Å². The molecule has 0 radical (unpaired) electrons. The Bertz CT molecular complexity index is 818. The fourth-order valence-electron chi connectivity index (χ4n) is 3.88. The van der Waals surface area contributed by atoms with E-state index < -0.39 is 37.1 Å². The number of hydrogen-bond donors (Lipinski definition) is 5. The van der Waals surface area contributed by atoms with E-state index in [1.165, 1.54) is 18.4 Å². The van der Waals surface area contributed by atoms with Crippen molar-refractivity contribution >= 4 is 5.69 Å². The van der Waals surface area contributed by atoms with Crippen molar-refractivity contribution in [3.63, 3.8) is 0 Å². The highest BCUT2D eigenvalue weighted by atomic mass is 16.5. The molecule has 6 heteroatoms. The van der Waals surface area contributed by atoms with Crippen molar-refractivity contribution in [1.29, 1.82) is 0 Å². The summed E-state index contributed by atoms with van der Waals surface area (Å²) in [4.78, 5) is 0. The predicted molar refractivity (Wildman–Crippen MR) is 105 cm³/mol. The Morgan fingerprint density at radius 3 is 2.21 bits per heavy atom. The van der Waals surface area contributed by atoms with Crippen molar-refractivity contribution in [1.82, 2.24) is 0 Å². The second-order valence-electron chi connectivity index (χ2n) is 7.90. The van der Waals surface area contributed by atoms with Gasteiger partial charge in [0, 0.05) is 5.69 Å². The molecule has 0 spiro atoms. The first-order valence-electron chi connectivity index (χ1n) is 9.75. The molecule has 5 atom stereocenters. The van der Waals surface area contributed by atoms with Gasteiger partial charge in [0.1, 0.15) is 30.5 Å². The number of nitrogen functional groups attached to an aromatic ring is 1. The number of anilines is 1. The Kier molecular flexibility index (Phi) is 5.40. The maximum absolute atomic E-state index is 10.4. The molecule has 1 saturated heterocycles. The summed E-state index contributed by atoms with van der Waals surface area (Å²) in [5, 5.41) is 39.8. The van der Waals surface area contributed by atoms with Gasteiger partial charge in [0.25, 0.3) is 0 Å². The van der Waals surface area contributed by atoms with Gasteiger partial charge >= 0.3 is 0 Å². The first-order chi connectivity index (χ1) is 13.5. The minimum absolute atomic E-state index is 0.448. The predicted octanol–water partition coefficient (Wildman–Crippen LogP) is 1.25. The van der Waals surface area contributed by atoms with Gasteiger partial charge in [0.05, 0.1) is 6.61 Å². The van der Waals surface area contributed by atoms with Crippen LogP contribution in [0.25, 0.3) is 0 Å². The van der Waals surface area contributed by atoms with Gasteiger partial charge in [-0.15, -0.1) is 0 Å². The fraction of sp³-hybridized carbons (Fsp3) is 0.455. The van der Waals surface area contributed by atoms with Crippen molar-refractivity contribution < 1.29 is 25.2 Å². The number of benzene rings is 2. The molecule has 6 nitrogen and oxygen atoms in total. The summed E-state index contributed by atoms with van der Waals surface area (Å²) >= 11 is 0. The van der Waals surface area contributed by atoms with Crippen LogP contribution in [0.15, 0.2) is 42.5 Å². The van der Waals surface area contributed by atoms with Gasteiger partial charge in [0.2, 0.25) is 0 Å². The van der Waals surface area contributed by atoms with E-state index in [0.717, 1.165) is 11.1 Å². The zero-order valence-corrected chi connectivity index (χ0v) is 15.6. The van der Waals surface area contributed by atoms with Gasteiger partial charge in [-0.05, 0) is 53.5 Å². The molecule has 150 valence electrons. The summed E-state index contributed by atoms with van der Waals surface area (Å²) in [6.07, 6.45) is -2.66. The van der Waals surface area contributed by atoms with Crippen molar-refractivity contribution in [3.8, 4) is 0 Å². The summed E-state index contributed by atoms with van der Waals surface area (Å²) in [5.41, 5.74) is 10.9. The van der Waals surface area contributed by atoms with Gasteiger partial charge in [-0.1, -0.05) is 36.4 Å². The number of nitrogens with two attached hydrogens (primary N) is 1. The Balaban J connectivity index is 1.56. The van der Waals surface area contributed by atoms with Gasteiger partial charge in [-0.2, -0.15) is 0 Å². The van der Waals surface area contributed by atoms with E-state index in [1.807, 2.05) is 6.07 Å². The molecule has 28 heavy (non-hydrogen) atoms. The number of aliphatic hydroxyl groups excluding tert-OH is 4. The summed E-state index contributed by atoms with van der Waals surface area (Å²) in [7, 11) is 0. The molecule has 0 amide bonds. The van der Waals surface area contributed by atoms with Crippen LogP contribution >= 0.6 is 0 Å². The van der Waals surface area contributed by atoms with E-state index in [0.29, 0.717) is 23.6 Å². The summed E-state index contributed by atoms with van der Waals surface area (Å²) in [5.74, 6) is 0.716. The standard InChI is InChI=1S/C22H27NO5/c23-17-8-7-15(22-21(27)20(26)19(25)18(11-24)28-22)10-16(17)9-12-1-3-13(4-2-12)14-5-6-14/h1-4,7-8,10,14,18-22,24-27H,5-6,9,11,23H2/t18-,19-,20+,21-,22+/m1/s1. The van der Waals surface area contributed by atoms with Crippen LogP contribution in [-0.4, -0.2) is 51.4 Å². The Morgan fingerprint density at radius 1 is 0.893 bits per heavy atom. The van der Waals surface area contributed by atoms with E-state index >= 15 is 0 Å². The molecule has 0 aromatic heterocycles. The third-order valence-corrected chi connectivity index (χ3v) is 5.81. The number of aliphatic hydroxyl groups is 4. The van der Waals surface area contributed by atoms with E-state index in [4.69, 9.17) is 10.5 Å². The van der Waals surface area contributed by atoms with Crippen LogP contribution in [0.4, 0.5) is 5.69 Å². The van der Waals surface area contributed by atoms with E-state index in [1.54, 1.807) is 12.1 Å². The first kappa shape index (κ1) is 19.4. The average molecular weight is 385 g/mol. The zero-order valence-electron chi connectivity index (χ0n) is 15.6. The van der Waals surface area contributed by atoms with Gasteiger partial charge in [-0.25, -0.2) is 0 Å². The minimum Gasteiger partial charge on any atom is -0.398 e. The third-order valence-electron chi connectivity index (χ3n) is 5.81. The molecule has 4 rings (SSSR count). The molecule has 2 aromatic carbocycles. The largest absolute Gasteiger partial charge is 0.398 e. The van der Waals surface area contributed by atoms with Crippen LogP contribution in [0.5, 0.6) is 0 Å². The highest BCUT2D eigenvalue weighted by molar-refractivity contribution is 5.51. The molecular formula is C22H27NO5. The topological polar surface area (TPSA) is 116 Å². The highest BCUT2D eigenvalue weighted by Gasteiger charge is 2.44. The maximum atomic E-state index is 10.4. The van der Waals surface area contributed by atoms with Crippen molar-refractivity contribution in [2.75, 3.05) is 12.3 Å². The molecule has 2 fully saturated rings. The summed E-state index contributed by atoms with van der Waals surface area (Å²) in [6, 6.07) is 13.9. The van der Waals surface area contributed by atoms with E-state index in [-0.39, 0.29) is 0 Å². The second kappa shape index (κ2) is 7.81. The SMILES string of the molecule is Nc1ccc([C@@H]2O[C@H](CO)[C@@H](O)[C@H](O)[C@H]2O)cc1Cc1ccc(C2CC2)cc1. The van der Waals surface area contributed by atoms with Crippen LogP contribution in [-0.2, 0) is 11.2 Å². The van der Waals surface area contributed by atoms with Gasteiger partial charge in [0.15, 0.2) is 0 Å². The van der Waals surface area contributed by atoms with Gasteiger partial charge in [-0.3, -0.25) is 0 Å². The van der Waals surface area contributed by atoms with Crippen LogP contribution in [0, 0.1) is 0 Å². The monoisotopic (exact) mass is 385 g/mol. The quantitative estimate of drug-likeness (QED) is 0.495. The smallest absolute Gasteiger partial charge is 0.113 e. The summed E-state index contributed by atoms with van der Waals surface area (Å²) in [6.45, 7) is -0.448. The van der Waals surface area contributed by atoms with Crippen LogP contribution in [0.1, 0.15) is 47.1 Å². The molecule has 1 aliphatic heterocycles. The maximum Gasteiger partial charge on any atom is 0.113 e. The molecule has 0 bridgehead atoms. The third kappa shape index (κ3) is 3.79. The molecule has 1 saturated carbocycles. The van der Waals surface area contributed by atoms with E-state index in [9.17, 15) is 20.4 Å². The second-order valence-corrected chi connectivity index (χ2v) is 7.90. The number of rotatable bonds is 5. The lowest BCUT2D eigenvalue weighted by Crippen LogP contribution is -2.55. The van der Waals surface area contributed by atoms with Crippen molar-refractivity contribution in [3.05, 3.63) is 64.7 Å². The normalized spacial score (nSPS) is 30.4. The van der Waals surface area contributed by atoms with Crippen LogP contribution in [0.2, 0.25) is 0 Å². The number of hydrogen-bond acceptors (Lipinski definition) is 6. The Labute approximate surface area is 164 Å². The highest BCUT2D eigenvalue weighted by Crippen LogP contribution is 2.40. The fourth-order valence-corrected chi connectivity index (χ4v) is 3.88.